The van der Waals surface area contributed by atoms with Crippen LogP contribution in [0.1, 0.15) is 0 Å². The van der Waals surface area contributed by atoms with Crippen LogP contribution in [0.15, 0.2) is 267 Å². The Balaban J connectivity index is 0.971. The number of para-hydroxylation sites is 3. The standard InChI is InChI=1S/C69H44N6/c1-4-16-45(17-5-1)47-28-30-48(31-29-47)49-32-34-52(35-33-49)68-70-67(51-20-8-3-9-21-51)71-69(72-68)75-63-27-15-12-24-57(63)58-41-42-59-60-44-54(73-61-25-13-10-22-55(61)56-23-11-14-26-62(56)73)40-43-64(60)74(65(59)66(58)75)53-38-36-50(37-39-53)46-18-6-2-7-19-46/h1-44H. The van der Waals surface area contributed by atoms with Crippen molar-refractivity contribution in [3.8, 4) is 73.5 Å². The first-order valence-corrected chi connectivity index (χ1v) is 25.4. The fraction of sp³-hybridized carbons (Fsp3) is 0. The number of nitrogens with zero attached hydrogens (tertiary/aromatic N) is 6. The molecule has 0 aliphatic carbocycles. The molecule has 0 saturated heterocycles. The van der Waals surface area contributed by atoms with Gasteiger partial charge in [-0.25, -0.2) is 4.98 Å². The van der Waals surface area contributed by atoms with Crippen molar-refractivity contribution in [1.82, 2.24) is 28.7 Å². The number of rotatable bonds is 8. The Kier molecular flexibility index (Phi) is 9.78. The van der Waals surface area contributed by atoms with Crippen LogP contribution in [0.2, 0.25) is 0 Å². The number of aromatic nitrogens is 6. The first-order valence-electron chi connectivity index (χ1n) is 25.4. The molecule has 350 valence electrons. The van der Waals surface area contributed by atoms with Crippen molar-refractivity contribution in [2.24, 2.45) is 0 Å². The van der Waals surface area contributed by atoms with E-state index >= 15 is 0 Å². The van der Waals surface area contributed by atoms with E-state index in [1.54, 1.807) is 0 Å². The predicted molar refractivity (Wildman–Crippen MR) is 310 cm³/mol. The summed E-state index contributed by atoms with van der Waals surface area (Å²) in [6.07, 6.45) is 0. The van der Waals surface area contributed by atoms with Crippen molar-refractivity contribution in [3.63, 3.8) is 0 Å². The third-order valence-electron chi connectivity index (χ3n) is 14.9. The normalized spacial score (nSPS) is 11.7. The molecule has 0 spiro atoms. The van der Waals surface area contributed by atoms with E-state index in [0.717, 1.165) is 82.8 Å². The number of hydrogen-bond acceptors (Lipinski definition) is 3. The summed E-state index contributed by atoms with van der Waals surface area (Å²) in [7, 11) is 0. The lowest BCUT2D eigenvalue weighted by atomic mass is 9.99. The van der Waals surface area contributed by atoms with Gasteiger partial charge in [-0.2, -0.15) is 9.97 Å². The first-order chi connectivity index (χ1) is 37.2. The van der Waals surface area contributed by atoms with E-state index < -0.39 is 0 Å². The summed E-state index contributed by atoms with van der Waals surface area (Å²) in [6.45, 7) is 0. The molecule has 15 rings (SSSR count). The van der Waals surface area contributed by atoms with Gasteiger partial charge in [0.2, 0.25) is 5.95 Å². The van der Waals surface area contributed by atoms with Crippen molar-refractivity contribution in [1.29, 1.82) is 0 Å². The molecule has 0 radical (unpaired) electrons. The van der Waals surface area contributed by atoms with Crippen LogP contribution in [0.25, 0.3) is 139 Å². The van der Waals surface area contributed by atoms with Crippen molar-refractivity contribution >= 4 is 65.4 Å². The monoisotopic (exact) mass is 956 g/mol. The van der Waals surface area contributed by atoms with E-state index in [2.05, 4.69) is 262 Å². The van der Waals surface area contributed by atoms with E-state index in [-0.39, 0.29) is 0 Å². The lowest BCUT2D eigenvalue weighted by Crippen LogP contribution is -2.07. The zero-order chi connectivity index (χ0) is 49.4. The molecule has 0 atom stereocenters. The topological polar surface area (TPSA) is 53.5 Å². The Morgan fingerprint density at radius 1 is 0.213 bits per heavy atom. The van der Waals surface area contributed by atoms with Gasteiger partial charge >= 0.3 is 0 Å². The van der Waals surface area contributed by atoms with Crippen molar-refractivity contribution in [2.45, 2.75) is 0 Å². The number of hydrogen-bond donors (Lipinski definition) is 0. The second-order valence-electron chi connectivity index (χ2n) is 19.2. The molecule has 4 aromatic heterocycles. The average Bonchev–Trinajstić information content (AvgIpc) is 4.17. The zero-order valence-corrected chi connectivity index (χ0v) is 40.6. The fourth-order valence-corrected chi connectivity index (χ4v) is 11.4. The van der Waals surface area contributed by atoms with Gasteiger partial charge in [0, 0.05) is 54.8 Å². The summed E-state index contributed by atoms with van der Waals surface area (Å²) in [4.78, 5) is 16.1. The molecular formula is C69H44N6. The minimum Gasteiger partial charge on any atom is -0.309 e. The molecule has 15 aromatic rings. The molecule has 0 bridgehead atoms. The van der Waals surface area contributed by atoms with Crippen LogP contribution < -0.4 is 0 Å². The molecule has 75 heavy (non-hydrogen) atoms. The van der Waals surface area contributed by atoms with E-state index in [1.807, 2.05) is 18.2 Å². The third kappa shape index (κ3) is 6.99. The minimum atomic E-state index is 0.542. The Hall–Kier alpha value is -10.2. The largest absolute Gasteiger partial charge is 0.309 e. The highest BCUT2D eigenvalue weighted by Crippen LogP contribution is 2.43. The van der Waals surface area contributed by atoms with Gasteiger partial charge in [0.25, 0.3) is 0 Å². The van der Waals surface area contributed by atoms with Gasteiger partial charge in [-0.15, -0.1) is 0 Å². The fourth-order valence-electron chi connectivity index (χ4n) is 11.4. The van der Waals surface area contributed by atoms with Crippen LogP contribution in [-0.2, 0) is 0 Å². The summed E-state index contributed by atoms with van der Waals surface area (Å²) in [6, 6.07) is 95.3. The third-order valence-corrected chi connectivity index (χ3v) is 14.9. The van der Waals surface area contributed by atoms with E-state index in [1.165, 1.54) is 38.5 Å². The molecule has 0 aliphatic rings. The van der Waals surface area contributed by atoms with Crippen LogP contribution >= 0.6 is 0 Å². The van der Waals surface area contributed by atoms with Gasteiger partial charge in [-0.05, 0) is 81.9 Å². The Labute approximate surface area is 432 Å². The molecule has 0 aliphatic heterocycles. The average molecular weight is 957 g/mol. The van der Waals surface area contributed by atoms with Gasteiger partial charge in [0.15, 0.2) is 11.6 Å². The molecule has 0 saturated carbocycles. The SMILES string of the molecule is c1ccc(-c2ccc(-c3ccc(-c4nc(-c5ccccc5)nc(-n5c6ccccc6c6ccc7c8cc(-n9c%10ccccc%10c%10ccccc%109)ccc8n(-c8ccc(-c9ccccc9)cc8)c7c65)n4)cc3)cc2)cc1. The second kappa shape index (κ2) is 17.3. The van der Waals surface area contributed by atoms with E-state index in [0.29, 0.717) is 17.6 Å². The molecule has 4 heterocycles. The lowest BCUT2D eigenvalue weighted by molar-refractivity contribution is 0.953. The van der Waals surface area contributed by atoms with Crippen LogP contribution in [0.4, 0.5) is 0 Å². The molecule has 0 N–H and O–H groups in total. The predicted octanol–water partition coefficient (Wildman–Crippen LogP) is 17.5. The second-order valence-corrected chi connectivity index (χ2v) is 19.2. The molecule has 11 aromatic carbocycles. The van der Waals surface area contributed by atoms with Gasteiger partial charge in [0.05, 0.1) is 33.1 Å². The molecule has 6 nitrogen and oxygen atoms in total. The van der Waals surface area contributed by atoms with Crippen LogP contribution in [0.3, 0.4) is 0 Å². The van der Waals surface area contributed by atoms with Gasteiger partial charge in [0.1, 0.15) is 0 Å². The number of benzene rings is 11. The maximum Gasteiger partial charge on any atom is 0.238 e. The summed E-state index contributed by atoms with van der Waals surface area (Å²) in [5, 5.41) is 6.96. The molecule has 0 amide bonds. The van der Waals surface area contributed by atoms with Crippen LogP contribution in [-0.4, -0.2) is 28.7 Å². The quantitative estimate of drug-likeness (QED) is 0.152. The van der Waals surface area contributed by atoms with Gasteiger partial charge in [-0.3, -0.25) is 4.57 Å². The van der Waals surface area contributed by atoms with Gasteiger partial charge < -0.3 is 9.13 Å². The Bertz CT molecular complexity index is 4600. The van der Waals surface area contributed by atoms with Crippen LogP contribution in [0, 0.1) is 0 Å². The zero-order valence-electron chi connectivity index (χ0n) is 40.6. The maximum atomic E-state index is 5.46. The Morgan fingerprint density at radius 2 is 0.560 bits per heavy atom. The van der Waals surface area contributed by atoms with E-state index in [4.69, 9.17) is 15.0 Å². The first kappa shape index (κ1) is 42.5. The summed E-state index contributed by atoms with van der Waals surface area (Å²) < 4.78 is 7.12. The molecule has 0 unspecified atom stereocenters. The molecular weight excluding hydrogens is 913 g/mol. The summed E-state index contributed by atoms with van der Waals surface area (Å²) in [5.74, 6) is 1.73. The summed E-state index contributed by atoms with van der Waals surface area (Å²) >= 11 is 0. The highest BCUT2D eigenvalue weighted by atomic mass is 15.2. The lowest BCUT2D eigenvalue weighted by Gasteiger charge is -2.14. The molecule has 0 fully saturated rings. The van der Waals surface area contributed by atoms with Crippen molar-refractivity contribution in [3.05, 3.63) is 267 Å². The van der Waals surface area contributed by atoms with Crippen LogP contribution in [0.5, 0.6) is 0 Å². The summed E-state index contributed by atoms with van der Waals surface area (Å²) in [5.41, 5.74) is 17.5. The maximum absolute atomic E-state index is 5.46. The highest BCUT2D eigenvalue weighted by Gasteiger charge is 2.25. The minimum absolute atomic E-state index is 0.542. The van der Waals surface area contributed by atoms with Gasteiger partial charge in [-0.1, -0.05) is 218 Å². The smallest absolute Gasteiger partial charge is 0.238 e. The highest BCUT2D eigenvalue weighted by molar-refractivity contribution is 6.24. The Morgan fingerprint density at radius 3 is 1.08 bits per heavy atom. The van der Waals surface area contributed by atoms with Crippen molar-refractivity contribution < 1.29 is 0 Å². The van der Waals surface area contributed by atoms with Crippen molar-refractivity contribution in [2.75, 3.05) is 0 Å². The molecule has 6 heteroatoms. The van der Waals surface area contributed by atoms with E-state index in [9.17, 15) is 0 Å². The number of fused-ring (bicyclic) bond motifs is 10.